The van der Waals surface area contributed by atoms with Crippen molar-refractivity contribution in [3.05, 3.63) is 58.3 Å². The Kier molecular flexibility index (Phi) is 4.24. The summed E-state index contributed by atoms with van der Waals surface area (Å²) in [4.78, 5) is 8.26. The summed E-state index contributed by atoms with van der Waals surface area (Å²) in [6.07, 6.45) is 1.11. The highest BCUT2D eigenvalue weighted by atomic mass is 32.1. The Morgan fingerprint density at radius 2 is 1.22 bits per heavy atom. The number of hydrogen-bond donors (Lipinski definition) is 0. The van der Waals surface area contributed by atoms with E-state index in [-0.39, 0.29) is 0 Å². The first-order valence-corrected chi connectivity index (χ1v) is 11.0. The van der Waals surface area contributed by atoms with Crippen LogP contribution < -0.4 is 0 Å². The minimum absolute atomic E-state index is 1.11. The van der Waals surface area contributed by atoms with Gasteiger partial charge in [-0.15, -0.1) is 45.3 Å². The van der Waals surface area contributed by atoms with Crippen molar-refractivity contribution >= 4 is 45.3 Å². The Hall–Kier alpha value is -1.20. The first-order valence-electron chi connectivity index (χ1n) is 7.56. The molecule has 0 saturated carbocycles. The summed E-state index contributed by atoms with van der Waals surface area (Å²) in [5.74, 6) is 0. The fourth-order valence-electron chi connectivity index (χ4n) is 2.46. The van der Waals surface area contributed by atoms with E-state index in [0.29, 0.717) is 0 Å². The molecule has 0 atom stereocenters. The smallest absolute Gasteiger partial charge is 0.0449 e. The van der Waals surface area contributed by atoms with Gasteiger partial charge in [-0.25, -0.2) is 0 Å². The number of aryl methyl sites for hydroxylation is 2. The maximum Gasteiger partial charge on any atom is 0.0449 e. The highest BCUT2D eigenvalue weighted by Crippen LogP contribution is 2.42. The third-order valence-corrected chi connectivity index (χ3v) is 8.52. The molecule has 0 radical (unpaired) electrons. The maximum absolute atomic E-state index is 2.33. The molecule has 4 rings (SSSR count). The standard InChI is InChI=1S/C19H16S4/c1-3-13-9-19(21-11-13)17-7-5-15(23-17)14-4-6-16(22-14)18-8-12(2)10-20-18/h4-11H,3H2,1-2H3. The third-order valence-electron chi connectivity index (χ3n) is 3.73. The van der Waals surface area contributed by atoms with Gasteiger partial charge in [0.25, 0.3) is 0 Å². The van der Waals surface area contributed by atoms with Gasteiger partial charge in [0.05, 0.1) is 0 Å². The Labute approximate surface area is 152 Å². The molecule has 0 N–H and O–H groups in total. The predicted molar refractivity (Wildman–Crippen MR) is 108 cm³/mol. The second kappa shape index (κ2) is 6.36. The van der Waals surface area contributed by atoms with E-state index < -0.39 is 0 Å². The Morgan fingerprint density at radius 1 is 0.696 bits per heavy atom. The maximum atomic E-state index is 2.33. The van der Waals surface area contributed by atoms with Gasteiger partial charge < -0.3 is 0 Å². The molecule has 4 aromatic rings. The molecule has 0 nitrogen and oxygen atoms in total. The molecule has 4 heteroatoms. The average Bonchev–Trinajstić information content (AvgIpc) is 3.32. The van der Waals surface area contributed by atoms with Gasteiger partial charge in [0.2, 0.25) is 0 Å². The lowest BCUT2D eigenvalue weighted by atomic mass is 10.2. The van der Waals surface area contributed by atoms with Gasteiger partial charge in [-0.3, -0.25) is 0 Å². The van der Waals surface area contributed by atoms with Crippen LogP contribution in [-0.4, -0.2) is 0 Å². The highest BCUT2D eigenvalue weighted by Gasteiger charge is 2.10. The van der Waals surface area contributed by atoms with Crippen molar-refractivity contribution in [3.8, 4) is 29.3 Å². The molecule has 23 heavy (non-hydrogen) atoms. The first-order chi connectivity index (χ1) is 11.2. The van der Waals surface area contributed by atoms with Gasteiger partial charge in [0.1, 0.15) is 0 Å². The van der Waals surface area contributed by atoms with Crippen LogP contribution in [-0.2, 0) is 6.42 Å². The first kappa shape index (κ1) is 15.3. The molecular weight excluding hydrogens is 356 g/mol. The fraction of sp³-hybridized carbons (Fsp3) is 0.158. The second-order valence-electron chi connectivity index (χ2n) is 5.49. The van der Waals surface area contributed by atoms with E-state index in [4.69, 9.17) is 0 Å². The van der Waals surface area contributed by atoms with Crippen LogP contribution in [0.2, 0.25) is 0 Å². The molecule has 0 aliphatic rings. The fourth-order valence-corrected chi connectivity index (χ4v) is 6.65. The summed E-state index contributed by atoms with van der Waals surface area (Å²) in [6, 6.07) is 13.6. The van der Waals surface area contributed by atoms with Crippen LogP contribution in [0.5, 0.6) is 0 Å². The topological polar surface area (TPSA) is 0 Å². The summed E-state index contributed by atoms with van der Waals surface area (Å²) in [6.45, 7) is 4.37. The molecular formula is C19H16S4. The summed E-state index contributed by atoms with van der Waals surface area (Å²) in [5.41, 5.74) is 2.79. The lowest BCUT2D eigenvalue weighted by Gasteiger charge is -1.92. The van der Waals surface area contributed by atoms with Crippen LogP contribution in [0.4, 0.5) is 0 Å². The van der Waals surface area contributed by atoms with Crippen LogP contribution >= 0.6 is 45.3 Å². The quantitative estimate of drug-likeness (QED) is 0.343. The SMILES string of the molecule is CCc1csc(-c2ccc(-c3ccc(-c4cc(C)cs4)s3)s2)c1. The largest absolute Gasteiger partial charge is 0.143 e. The van der Waals surface area contributed by atoms with Crippen LogP contribution in [0.15, 0.2) is 47.2 Å². The minimum atomic E-state index is 1.11. The molecule has 4 aromatic heterocycles. The molecule has 0 aliphatic carbocycles. The van der Waals surface area contributed by atoms with Crippen LogP contribution in [0, 0.1) is 6.92 Å². The molecule has 0 amide bonds. The zero-order chi connectivity index (χ0) is 15.8. The van der Waals surface area contributed by atoms with Crippen molar-refractivity contribution in [1.29, 1.82) is 0 Å². The summed E-state index contributed by atoms with van der Waals surface area (Å²) in [7, 11) is 0. The van der Waals surface area contributed by atoms with Crippen molar-refractivity contribution in [3.63, 3.8) is 0 Å². The van der Waals surface area contributed by atoms with Crippen LogP contribution in [0.3, 0.4) is 0 Å². The van der Waals surface area contributed by atoms with Crippen LogP contribution in [0.25, 0.3) is 29.3 Å². The van der Waals surface area contributed by atoms with Crippen molar-refractivity contribution in [1.82, 2.24) is 0 Å². The van der Waals surface area contributed by atoms with Crippen molar-refractivity contribution in [2.24, 2.45) is 0 Å². The van der Waals surface area contributed by atoms with Crippen molar-refractivity contribution < 1.29 is 0 Å². The monoisotopic (exact) mass is 372 g/mol. The van der Waals surface area contributed by atoms with E-state index in [1.807, 2.05) is 45.3 Å². The third kappa shape index (κ3) is 3.09. The Balaban J connectivity index is 1.63. The predicted octanol–water partition coefficient (Wildman–Crippen LogP) is 7.80. The van der Waals surface area contributed by atoms with Crippen molar-refractivity contribution in [2.45, 2.75) is 20.3 Å². The molecule has 0 saturated heterocycles. The Morgan fingerprint density at radius 3 is 1.70 bits per heavy atom. The summed E-state index contributed by atoms with van der Waals surface area (Å²) >= 11 is 7.49. The molecule has 0 spiro atoms. The molecule has 0 unspecified atom stereocenters. The zero-order valence-electron chi connectivity index (χ0n) is 13.0. The molecule has 0 aromatic carbocycles. The second-order valence-corrected chi connectivity index (χ2v) is 9.48. The molecule has 0 aliphatic heterocycles. The van der Waals surface area contributed by atoms with E-state index in [2.05, 4.69) is 61.0 Å². The molecule has 116 valence electrons. The van der Waals surface area contributed by atoms with E-state index >= 15 is 0 Å². The number of rotatable bonds is 4. The Bertz CT molecular complexity index is 932. The zero-order valence-corrected chi connectivity index (χ0v) is 16.2. The average molecular weight is 373 g/mol. The van der Waals surface area contributed by atoms with Gasteiger partial charge in [0, 0.05) is 29.3 Å². The van der Waals surface area contributed by atoms with Gasteiger partial charge in [-0.2, -0.15) is 0 Å². The molecule has 4 heterocycles. The minimum Gasteiger partial charge on any atom is -0.143 e. The molecule has 0 fully saturated rings. The van der Waals surface area contributed by atoms with Gasteiger partial charge in [-0.1, -0.05) is 6.92 Å². The number of thiophene rings is 4. The van der Waals surface area contributed by atoms with Gasteiger partial charge in [-0.05, 0) is 71.6 Å². The van der Waals surface area contributed by atoms with Crippen LogP contribution in [0.1, 0.15) is 18.1 Å². The van der Waals surface area contributed by atoms with Crippen molar-refractivity contribution in [2.75, 3.05) is 0 Å². The molecule has 0 bridgehead atoms. The summed E-state index contributed by atoms with van der Waals surface area (Å²) in [5, 5.41) is 4.50. The van der Waals surface area contributed by atoms with E-state index in [0.717, 1.165) is 6.42 Å². The van der Waals surface area contributed by atoms with Gasteiger partial charge in [0.15, 0.2) is 0 Å². The highest BCUT2D eigenvalue weighted by molar-refractivity contribution is 7.28. The van der Waals surface area contributed by atoms with Gasteiger partial charge >= 0.3 is 0 Å². The van der Waals surface area contributed by atoms with E-state index in [9.17, 15) is 0 Å². The van der Waals surface area contributed by atoms with E-state index in [1.165, 1.54) is 40.4 Å². The lowest BCUT2D eigenvalue weighted by molar-refractivity contribution is 1.16. The number of hydrogen-bond acceptors (Lipinski definition) is 4. The normalized spacial score (nSPS) is 11.2. The summed E-state index contributed by atoms with van der Waals surface area (Å²) < 4.78 is 0. The van der Waals surface area contributed by atoms with E-state index in [1.54, 1.807) is 0 Å². The lowest BCUT2D eigenvalue weighted by Crippen LogP contribution is -1.68.